The second kappa shape index (κ2) is 5.54. The van der Waals surface area contributed by atoms with Gasteiger partial charge >= 0.3 is 0 Å². The Kier molecular flexibility index (Phi) is 3.83. The Morgan fingerprint density at radius 1 is 1.11 bits per heavy atom. The highest BCUT2D eigenvalue weighted by Gasteiger charge is 2.00. The first-order chi connectivity index (χ1) is 8.68. The van der Waals surface area contributed by atoms with Crippen LogP contribution >= 0.6 is 0 Å². The number of hydrogen-bond acceptors (Lipinski definition) is 1. The third-order valence-electron chi connectivity index (χ3n) is 3.34. The molecular formula is C17H19N. The maximum Gasteiger partial charge on any atom is 0.0349 e. The van der Waals surface area contributed by atoms with Gasteiger partial charge in [-0.1, -0.05) is 48.6 Å². The molecule has 0 spiro atoms. The van der Waals surface area contributed by atoms with Crippen molar-refractivity contribution in [2.75, 3.05) is 0 Å². The molecule has 92 valence electrons. The van der Waals surface area contributed by atoms with E-state index in [4.69, 9.17) is 5.73 Å². The maximum atomic E-state index is 6.01. The van der Waals surface area contributed by atoms with Gasteiger partial charge in [0.1, 0.15) is 0 Å². The molecule has 2 rings (SSSR count). The fourth-order valence-electron chi connectivity index (χ4n) is 1.97. The van der Waals surface area contributed by atoms with Gasteiger partial charge in [-0.05, 0) is 48.6 Å². The van der Waals surface area contributed by atoms with Gasteiger partial charge in [0, 0.05) is 5.70 Å². The van der Waals surface area contributed by atoms with Crippen molar-refractivity contribution in [2.24, 2.45) is 5.73 Å². The summed E-state index contributed by atoms with van der Waals surface area (Å²) in [6.45, 7) is 4.29. The lowest BCUT2D eigenvalue weighted by atomic mass is 10.0. The molecule has 18 heavy (non-hydrogen) atoms. The molecule has 0 saturated carbocycles. The van der Waals surface area contributed by atoms with Gasteiger partial charge in [0.05, 0.1) is 0 Å². The molecule has 1 aliphatic rings. The van der Waals surface area contributed by atoms with Gasteiger partial charge in [-0.2, -0.15) is 0 Å². The van der Waals surface area contributed by atoms with E-state index in [-0.39, 0.29) is 0 Å². The summed E-state index contributed by atoms with van der Waals surface area (Å²) in [7, 11) is 0. The Bertz CT molecular complexity index is 557. The van der Waals surface area contributed by atoms with Crippen LogP contribution in [-0.4, -0.2) is 0 Å². The Morgan fingerprint density at radius 3 is 2.78 bits per heavy atom. The van der Waals surface area contributed by atoms with Crippen LogP contribution in [0, 0.1) is 13.8 Å². The lowest BCUT2D eigenvalue weighted by Crippen LogP contribution is -1.97. The van der Waals surface area contributed by atoms with Gasteiger partial charge in [-0.3, -0.25) is 0 Å². The Hall–Kier alpha value is -2.02. The fourth-order valence-corrected chi connectivity index (χ4v) is 1.97. The monoisotopic (exact) mass is 237 g/mol. The van der Waals surface area contributed by atoms with Crippen LogP contribution in [0.25, 0.3) is 6.08 Å². The summed E-state index contributed by atoms with van der Waals surface area (Å²) in [5, 5.41) is 0. The van der Waals surface area contributed by atoms with Gasteiger partial charge in [0.15, 0.2) is 0 Å². The van der Waals surface area contributed by atoms with Gasteiger partial charge < -0.3 is 5.73 Å². The predicted octanol–water partition coefficient (Wildman–Crippen LogP) is 4.05. The molecule has 0 amide bonds. The summed E-state index contributed by atoms with van der Waals surface area (Å²) in [5.74, 6) is 0. The second-order valence-electron chi connectivity index (χ2n) is 4.59. The molecule has 0 aliphatic heterocycles. The number of benzene rings is 1. The van der Waals surface area contributed by atoms with Crippen LogP contribution in [0.15, 0.2) is 59.8 Å². The number of hydrogen-bond donors (Lipinski definition) is 1. The molecule has 0 heterocycles. The zero-order valence-corrected chi connectivity index (χ0v) is 11.0. The van der Waals surface area contributed by atoms with Gasteiger partial charge in [-0.15, -0.1) is 0 Å². The van der Waals surface area contributed by atoms with Crippen molar-refractivity contribution in [3.05, 3.63) is 76.5 Å². The van der Waals surface area contributed by atoms with Gasteiger partial charge in [-0.25, -0.2) is 0 Å². The van der Waals surface area contributed by atoms with Crippen molar-refractivity contribution in [3.8, 4) is 0 Å². The van der Waals surface area contributed by atoms with Crippen LogP contribution in [0.3, 0.4) is 0 Å². The quantitative estimate of drug-likeness (QED) is 0.825. The third-order valence-corrected chi connectivity index (χ3v) is 3.34. The lowest BCUT2D eigenvalue weighted by Gasteiger charge is -2.05. The Balaban J connectivity index is 2.28. The summed E-state index contributed by atoms with van der Waals surface area (Å²) >= 11 is 0. The van der Waals surface area contributed by atoms with Crippen molar-refractivity contribution in [3.63, 3.8) is 0 Å². The highest BCUT2D eigenvalue weighted by molar-refractivity contribution is 5.59. The van der Waals surface area contributed by atoms with E-state index in [0.29, 0.717) is 0 Å². The Morgan fingerprint density at radius 2 is 1.94 bits per heavy atom. The van der Waals surface area contributed by atoms with E-state index in [1.807, 2.05) is 18.2 Å². The summed E-state index contributed by atoms with van der Waals surface area (Å²) in [6.07, 6.45) is 13.2. The van der Waals surface area contributed by atoms with Crippen LogP contribution < -0.4 is 5.73 Å². The van der Waals surface area contributed by atoms with Crippen LogP contribution in [0.4, 0.5) is 0 Å². The van der Waals surface area contributed by atoms with E-state index in [0.717, 1.165) is 12.1 Å². The largest absolute Gasteiger partial charge is 0.398 e. The van der Waals surface area contributed by atoms with Crippen molar-refractivity contribution in [1.82, 2.24) is 0 Å². The number of rotatable bonds is 2. The lowest BCUT2D eigenvalue weighted by molar-refractivity contribution is 1.22. The molecule has 1 heteroatoms. The molecule has 0 unspecified atom stereocenters. The fraction of sp³-hybridized carbons (Fsp3) is 0.176. The average Bonchev–Trinajstić information content (AvgIpc) is 2.56. The summed E-state index contributed by atoms with van der Waals surface area (Å²) in [6, 6.07) is 6.36. The van der Waals surface area contributed by atoms with Crippen LogP contribution in [0.5, 0.6) is 0 Å². The van der Waals surface area contributed by atoms with E-state index < -0.39 is 0 Å². The molecule has 0 atom stereocenters. The van der Waals surface area contributed by atoms with E-state index in [1.54, 1.807) is 0 Å². The highest BCUT2D eigenvalue weighted by Crippen LogP contribution is 2.18. The number of nitrogens with two attached hydrogens (primary N) is 1. The molecule has 1 aliphatic carbocycles. The first-order valence-corrected chi connectivity index (χ1v) is 6.24. The first kappa shape index (κ1) is 12.4. The first-order valence-electron chi connectivity index (χ1n) is 6.24. The molecule has 1 aromatic carbocycles. The van der Waals surface area contributed by atoms with Crippen LogP contribution in [0.1, 0.15) is 23.1 Å². The Labute approximate surface area is 109 Å². The average molecular weight is 237 g/mol. The maximum absolute atomic E-state index is 6.01. The number of aryl methyl sites for hydroxylation is 1. The van der Waals surface area contributed by atoms with E-state index in [1.165, 1.54) is 22.3 Å². The highest BCUT2D eigenvalue weighted by atomic mass is 14.6. The SMILES string of the molecule is Cc1cccc(/C=C/C2=C(N)C=CC=CC2)c1C. The molecular weight excluding hydrogens is 218 g/mol. The minimum Gasteiger partial charge on any atom is -0.398 e. The third kappa shape index (κ3) is 2.80. The molecule has 0 fully saturated rings. The van der Waals surface area contributed by atoms with Crippen LogP contribution in [-0.2, 0) is 0 Å². The second-order valence-corrected chi connectivity index (χ2v) is 4.59. The summed E-state index contributed by atoms with van der Waals surface area (Å²) in [5.41, 5.74) is 11.9. The normalized spacial score (nSPS) is 15.4. The molecule has 1 nitrogen and oxygen atoms in total. The molecule has 0 aromatic heterocycles. The van der Waals surface area contributed by atoms with Crippen molar-refractivity contribution < 1.29 is 0 Å². The minimum absolute atomic E-state index is 0.849. The predicted molar refractivity (Wildman–Crippen MR) is 79.1 cm³/mol. The van der Waals surface area contributed by atoms with Crippen molar-refractivity contribution in [1.29, 1.82) is 0 Å². The molecule has 1 aromatic rings. The minimum atomic E-state index is 0.849. The zero-order valence-electron chi connectivity index (χ0n) is 11.0. The number of allylic oxidation sites excluding steroid dienone is 6. The van der Waals surface area contributed by atoms with Crippen molar-refractivity contribution in [2.45, 2.75) is 20.3 Å². The van der Waals surface area contributed by atoms with E-state index in [2.05, 4.69) is 50.3 Å². The van der Waals surface area contributed by atoms with Gasteiger partial charge in [0.2, 0.25) is 0 Å². The smallest absolute Gasteiger partial charge is 0.0349 e. The van der Waals surface area contributed by atoms with Gasteiger partial charge in [0.25, 0.3) is 0 Å². The van der Waals surface area contributed by atoms with Crippen LogP contribution in [0.2, 0.25) is 0 Å². The van der Waals surface area contributed by atoms with Crippen molar-refractivity contribution >= 4 is 6.08 Å². The molecule has 0 saturated heterocycles. The van der Waals surface area contributed by atoms with E-state index >= 15 is 0 Å². The standard InChI is InChI=1S/C17H19N/c1-13-7-6-9-15(14(13)2)11-12-16-8-4-3-5-10-17(16)18/h3-7,9-12H,8,18H2,1-2H3/b12-11+. The topological polar surface area (TPSA) is 26.0 Å². The zero-order chi connectivity index (χ0) is 13.0. The molecule has 2 N–H and O–H groups in total. The molecule has 0 bridgehead atoms. The summed E-state index contributed by atoms with van der Waals surface area (Å²) < 4.78 is 0. The molecule has 0 radical (unpaired) electrons. The summed E-state index contributed by atoms with van der Waals surface area (Å²) in [4.78, 5) is 0. The van der Waals surface area contributed by atoms with E-state index in [9.17, 15) is 0 Å².